The van der Waals surface area contributed by atoms with Gasteiger partial charge in [0, 0.05) is 8.22 Å². The van der Waals surface area contributed by atoms with E-state index in [9.17, 15) is 0 Å². The zero-order valence-corrected chi connectivity index (χ0v) is 24.8. The second kappa shape index (κ2) is 22.7. The minimum Gasteiger partial charge on any atom is -0.0623 e. The fourth-order valence-electron chi connectivity index (χ4n) is 2.81. The maximum Gasteiger partial charge on any atom is 0.0629 e. The van der Waals surface area contributed by atoms with Gasteiger partial charge in [0.05, 0.1) is 37.0 Å². The van der Waals surface area contributed by atoms with Crippen LogP contribution in [0.15, 0.2) is 224 Å². The average Bonchev–Trinajstić information content (AvgIpc) is 3.40. The Kier molecular flexibility index (Phi) is 5.57. The lowest BCUT2D eigenvalue weighted by atomic mass is 10.1. The smallest absolute Gasteiger partial charge is 0.0623 e. The molecule has 0 atom stereocenters. The molecule has 0 saturated heterocycles. The predicted molar refractivity (Wildman–Crippen MR) is 208 cm³/mol. The first-order valence-electron chi connectivity index (χ1n) is 29.8. The van der Waals surface area contributed by atoms with Crippen molar-refractivity contribution in [1.29, 1.82) is 0 Å². The summed E-state index contributed by atoms with van der Waals surface area (Å²) >= 11 is 0. The Balaban J connectivity index is 0.000000256. The molecule has 0 N–H and O–H groups in total. The van der Waals surface area contributed by atoms with Gasteiger partial charge in [0.1, 0.15) is 0 Å². The molecular weight excluding hydrogens is 565 g/mol. The second-order valence-corrected chi connectivity index (χ2v) is 8.20. The summed E-state index contributed by atoms with van der Waals surface area (Å²) in [5.41, 5.74) is -0.844. The summed E-state index contributed by atoms with van der Waals surface area (Å²) in [7, 11) is 0. The van der Waals surface area contributed by atoms with Gasteiger partial charge in [0.15, 0.2) is 0 Å². The summed E-state index contributed by atoms with van der Waals surface area (Å²) in [5, 5.41) is 1.53. The van der Waals surface area contributed by atoms with Crippen LogP contribution in [0.4, 0.5) is 0 Å². The minimum absolute atomic E-state index is 0.0843. The molecule has 0 aliphatic heterocycles. The molecule has 8 aromatic rings. The van der Waals surface area contributed by atoms with E-state index in [1.54, 1.807) is 30.3 Å². The summed E-state index contributed by atoms with van der Waals surface area (Å²) in [6.07, 6.45) is 0. The van der Waals surface area contributed by atoms with Crippen LogP contribution >= 0.6 is 0 Å². The van der Waals surface area contributed by atoms with Gasteiger partial charge in [0.25, 0.3) is 0 Å². The first kappa shape index (κ1) is 11.5. The van der Waals surface area contributed by atoms with Crippen molar-refractivity contribution in [2.75, 3.05) is 0 Å². The maximum absolute atomic E-state index is 7.69. The van der Waals surface area contributed by atoms with Crippen LogP contribution in [0.2, 0.25) is 0 Å². The van der Waals surface area contributed by atoms with Crippen LogP contribution < -0.4 is 0 Å². The van der Waals surface area contributed by atoms with Crippen molar-refractivity contribution in [3.8, 4) is 0 Å². The Bertz CT molecular complexity index is 3240. The summed E-state index contributed by atoms with van der Waals surface area (Å²) in [5.74, 6) is 0. The lowest BCUT2D eigenvalue weighted by molar-refractivity contribution is 1.34. The van der Waals surface area contributed by atoms with Crippen LogP contribution in [0.1, 0.15) is 61.9 Å². The van der Waals surface area contributed by atoms with Crippen molar-refractivity contribution in [3.63, 3.8) is 0 Å². The predicted octanol–water partition coefficient (Wildman–Crippen LogP) is 13.4. The fraction of sp³-hybridized carbons (Fsp3) is 0.0638. The summed E-state index contributed by atoms with van der Waals surface area (Å²) in [6.45, 7) is -3.83. The number of rotatable bonds is 0. The van der Waals surface area contributed by atoms with Crippen LogP contribution in [0.5, 0.6) is 0 Å². The maximum atomic E-state index is 7.69. The molecule has 0 bridgehead atoms. The summed E-state index contributed by atoms with van der Waals surface area (Å²) in [4.78, 5) is 0. The third-order valence-electron chi connectivity index (χ3n) is 4.94. The standard InChI is InChI=1S/2C10H8.C8H10.C7H8.2C6H6/c2*1-2-6-10-8-4-3-7-9(10)5-1;1-7-5-3-4-6-8(7)2;1-7-5-3-2-4-6-7;2*1-2-4-6-5-3-1/h2*1-8H;3-6H,1-2H3;2-6H,1H3;2*1-6H/i1D,2D,3D,4D,5D,6D,7D,8D;1D,5D;1D3,3D,4D,5D,6D;1D3,2D,3D,4D,5D,6D;1D,2D,3D,4D,5D,6D;1D,2D. The summed E-state index contributed by atoms with van der Waals surface area (Å²) in [6, 6.07) is 7.67. The van der Waals surface area contributed by atoms with E-state index in [2.05, 4.69) is 0 Å². The average molecular weight is 644 g/mol. The Morgan fingerprint density at radius 1 is 0.319 bits per heavy atom. The van der Waals surface area contributed by atoms with Crippen molar-refractivity contribution in [2.45, 2.75) is 20.6 Å². The molecule has 8 aromatic carbocycles. The van der Waals surface area contributed by atoms with Crippen molar-refractivity contribution in [2.24, 2.45) is 0 Å². The molecule has 234 valence electrons. The lowest BCUT2D eigenvalue weighted by Crippen LogP contribution is -1.74. The number of fused-ring (bicyclic) bond motifs is 2. The van der Waals surface area contributed by atoms with E-state index in [-0.39, 0.29) is 46.1 Å². The minimum atomic E-state index is -2.70. The van der Waals surface area contributed by atoms with Gasteiger partial charge >= 0.3 is 0 Å². The van der Waals surface area contributed by atoms with Crippen molar-refractivity contribution < 1.29 is 45.2 Å². The SMILES string of the molecule is [2H]c1c([2H])c([2H])c(C([2H])([2H])[2H])c(C)c1[2H].[2H]c1c([2H])c([2H])c(C([2H])([2H])[2H])c([2H])c1[2H].[2H]c1c([2H])c([2H])c([2H])c([2H])c1[2H].[2H]c1c([2H])c([2H])c2c([2H])c([2H])c([2H])c([2H])c2c1[2H].[2H]c1ccc2ccccc2c1[2H].[2H]c1ccccc1[2H]. The van der Waals surface area contributed by atoms with Crippen LogP contribution in [0.3, 0.4) is 0 Å². The number of benzene rings is 8. The van der Waals surface area contributed by atoms with Gasteiger partial charge in [-0.1, -0.05) is 229 Å². The molecule has 0 heterocycles. The van der Waals surface area contributed by atoms with E-state index < -0.39 is 152 Å². The topological polar surface area (TPSA) is 0 Å². The molecule has 0 aliphatic carbocycles. The normalized spacial score (nSPS) is 19.6. The number of hydrogen-bond donors (Lipinski definition) is 0. The van der Waals surface area contributed by atoms with Crippen LogP contribution in [-0.4, -0.2) is 0 Å². The van der Waals surface area contributed by atoms with E-state index in [0.29, 0.717) is 6.04 Å². The van der Waals surface area contributed by atoms with Gasteiger partial charge in [-0.3, -0.25) is 0 Å². The lowest BCUT2D eigenvalue weighted by Gasteiger charge is -1.93. The van der Waals surface area contributed by atoms with Crippen LogP contribution in [-0.2, 0) is 0 Å². The molecule has 0 aliphatic rings. The van der Waals surface area contributed by atoms with Gasteiger partial charge in [-0.2, -0.15) is 0 Å². The van der Waals surface area contributed by atoms with Crippen LogP contribution in [0.25, 0.3) is 21.5 Å². The third kappa shape index (κ3) is 15.7. The largest absolute Gasteiger partial charge is 0.0629 e. The van der Waals surface area contributed by atoms with E-state index in [0.717, 1.165) is 10.8 Å². The highest BCUT2D eigenvalue weighted by molar-refractivity contribution is 5.82. The van der Waals surface area contributed by atoms with Crippen molar-refractivity contribution >= 4 is 21.5 Å². The molecule has 0 aromatic heterocycles. The van der Waals surface area contributed by atoms with Crippen molar-refractivity contribution in [1.82, 2.24) is 0 Å². The highest BCUT2D eigenvalue weighted by Gasteiger charge is 1.86. The molecule has 0 saturated carbocycles. The van der Waals surface area contributed by atoms with E-state index in [1.807, 2.05) is 30.3 Å². The molecule has 0 spiro atoms. The molecule has 47 heavy (non-hydrogen) atoms. The molecule has 0 amide bonds. The highest BCUT2D eigenvalue weighted by atomic mass is 13.9. The molecule has 0 radical (unpaired) electrons. The van der Waals surface area contributed by atoms with Gasteiger partial charge in [-0.15, -0.1) is 0 Å². The Morgan fingerprint density at radius 3 is 1.26 bits per heavy atom. The monoisotopic (exact) mass is 644 g/mol. The Morgan fingerprint density at radius 2 is 0.745 bits per heavy atom. The Hall–Kier alpha value is -5.72. The van der Waals surface area contributed by atoms with Gasteiger partial charge in [0.2, 0.25) is 0 Å². The molecular formula is C47H46. The fourth-order valence-corrected chi connectivity index (χ4v) is 2.81. The highest BCUT2D eigenvalue weighted by Crippen LogP contribution is 2.12. The zero-order valence-electron chi connectivity index (χ0n) is 57.8. The molecule has 0 nitrogen and oxygen atoms in total. The number of hydrogen-bond acceptors (Lipinski definition) is 0. The molecule has 0 fully saturated rings. The van der Waals surface area contributed by atoms with Gasteiger partial charge in [-0.05, 0) is 53.3 Å². The molecule has 8 rings (SSSR count). The first-order valence-corrected chi connectivity index (χ1v) is 13.3. The third-order valence-corrected chi connectivity index (χ3v) is 4.94. The van der Waals surface area contributed by atoms with E-state index >= 15 is 0 Å². The summed E-state index contributed by atoms with van der Waals surface area (Å²) < 4.78 is 242. The van der Waals surface area contributed by atoms with Crippen LogP contribution in [0, 0.1) is 20.6 Å². The molecule has 0 heteroatoms. The first-order chi connectivity index (χ1) is 36.7. The van der Waals surface area contributed by atoms with E-state index in [4.69, 9.17) is 45.2 Å². The quantitative estimate of drug-likeness (QED) is 0.154. The van der Waals surface area contributed by atoms with E-state index in [1.165, 1.54) is 6.92 Å². The van der Waals surface area contributed by atoms with Crippen molar-refractivity contribution in [3.05, 3.63) is 240 Å². The zero-order chi connectivity index (χ0) is 61.7. The molecule has 0 unspecified atom stereocenters. The Labute approximate surface area is 329 Å². The van der Waals surface area contributed by atoms with Gasteiger partial charge in [-0.25, -0.2) is 0 Å². The van der Waals surface area contributed by atoms with Gasteiger partial charge < -0.3 is 0 Å². The second-order valence-electron chi connectivity index (χ2n) is 8.20.